The van der Waals surface area contributed by atoms with Gasteiger partial charge in [0.2, 0.25) is 5.91 Å². The molecule has 0 radical (unpaired) electrons. The van der Waals surface area contributed by atoms with E-state index in [-0.39, 0.29) is 18.2 Å². The molecule has 2 heterocycles. The zero-order valence-electron chi connectivity index (χ0n) is 15.6. The molecule has 1 aliphatic heterocycles. The van der Waals surface area contributed by atoms with Crippen LogP contribution in [-0.2, 0) is 30.3 Å². The van der Waals surface area contributed by atoms with Crippen molar-refractivity contribution in [3.05, 3.63) is 36.0 Å². The van der Waals surface area contributed by atoms with Gasteiger partial charge in [-0.15, -0.1) is 0 Å². The van der Waals surface area contributed by atoms with Crippen LogP contribution in [0.2, 0.25) is 0 Å². The molecule has 7 nitrogen and oxygen atoms in total. The van der Waals surface area contributed by atoms with E-state index in [4.69, 9.17) is 9.47 Å². The number of nitrogens with one attached hydrogen (secondary N) is 1. The molecule has 1 aromatic carbocycles. The summed E-state index contributed by atoms with van der Waals surface area (Å²) in [5.74, 6) is -2.23. The van der Waals surface area contributed by atoms with Crippen molar-refractivity contribution in [3.63, 3.8) is 0 Å². The number of carbonyl (C=O) groups is 3. The van der Waals surface area contributed by atoms with Crippen LogP contribution in [0, 0.1) is 11.8 Å². The van der Waals surface area contributed by atoms with Crippen LogP contribution in [0.3, 0.4) is 0 Å². The van der Waals surface area contributed by atoms with Crippen molar-refractivity contribution in [2.75, 3.05) is 27.3 Å². The summed E-state index contributed by atoms with van der Waals surface area (Å²) in [7, 11) is 2.48. The Balaban J connectivity index is 1.60. The lowest BCUT2D eigenvalue weighted by Crippen LogP contribution is -2.30. The fourth-order valence-electron chi connectivity index (χ4n) is 3.73. The molecular weight excluding hydrogens is 348 g/mol. The second-order valence-electron chi connectivity index (χ2n) is 6.85. The highest BCUT2D eigenvalue weighted by molar-refractivity contribution is 5.95. The lowest BCUT2D eigenvalue weighted by molar-refractivity contribution is -0.159. The van der Waals surface area contributed by atoms with E-state index in [0.717, 1.165) is 17.3 Å². The van der Waals surface area contributed by atoms with Crippen molar-refractivity contribution in [2.45, 2.75) is 19.3 Å². The number of para-hydroxylation sites is 1. The molecule has 144 valence electrons. The molecule has 3 rings (SSSR count). The molecule has 1 atom stereocenters. The number of likely N-dealkylation sites (tertiary alicyclic amines) is 1. The quantitative estimate of drug-likeness (QED) is 0.592. The smallest absolute Gasteiger partial charge is 0.320 e. The number of aromatic amines is 1. The Hall–Kier alpha value is -2.83. The zero-order chi connectivity index (χ0) is 19.4. The standard InChI is InChI=1S/C20H24N2O5/c1-26-19(24)16(20(25)27-2)9-13-10-18(23)22(12-13)8-7-14-11-21-17-6-4-3-5-15(14)17/h3-6,11,13,16,21H,7-10,12H2,1-2H3. The van der Waals surface area contributed by atoms with E-state index in [2.05, 4.69) is 11.1 Å². The summed E-state index contributed by atoms with van der Waals surface area (Å²) in [6.07, 6.45) is 3.32. The molecular formula is C20H24N2O5. The Morgan fingerprint density at radius 2 is 1.93 bits per heavy atom. The Kier molecular flexibility index (Phi) is 5.78. The van der Waals surface area contributed by atoms with Crippen LogP contribution in [0.5, 0.6) is 0 Å². The molecule has 1 fully saturated rings. The van der Waals surface area contributed by atoms with Crippen LogP contribution in [-0.4, -0.2) is 55.0 Å². The third-order valence-electron chi connectivity index (χ3n) is 5.16. The minimum atomic E-state index is -0.980. The number of esters is 2. The van der Waals surface area contributed by atoms with Crippen LogP contribution in [0.15, 0.2) is 30.5 Å². The maximum absolute atomic E-state index is 12.4. The number of ether oxygens (including phenoxy) is 2. The molecule has 1 N–H and O–H groups in total. The lowest BCUT2D eigenvalue weighted by Gasteiger charge is -2.18. The van der Waals surface area contributed by atoms with Crippen molar-refractivity contribution in [1.29, 1.82) is 0 Å². The average molecular weight is 372 g/mol. The summed E-state index contributed by atoms with van der Waals surface area (Å²) in [6.45, 7) is 1.14. The van der Waals surface area contributed by atoms with E-state index in [1.807, 2.05) is 24.4 Å². The van der Waals surface area contributed by atoms with Crippen LogP contribution < -0.4 is 0 Å². The summed E-state index contributed by atoms with van der Waals surface area (Å²) in [6, 6.07) is 8.06. The fourth-order valence-corrected chi connectivity index (χ4v) is 3.73. The largest absolute Gasteiger partial charge is 0.468 e. The molecule has 1 unspecified atom stereocenters. The van der Waals surface area contributed by atoms with Gasteiger partial charge in [0.05, 0.1) is 14.2 Å². The number of fused-ring (bicyclic) bond motifs is 1. The number of H-pyrrole nitrogens is 1. The Morgan fingerprint density at radius 1 is 1.22 bits per heavy atom. The van der Waals surface area contributed by atoms with E-state index in [1.54, 1.807) is 4.90 Å². The van der Waals surface area contributed by atoms with Crippen molar-refractivity contribution in [3.8, 4) is 0 Å². The van der Waals surface area contributed by atoms with Gasteiger partial charge in [-0.25, -0.2) is 0 Å². The number of nitrogens with zero attached hydrogens (tertiary/aromatic N) is 1. The first-order valence-corrected chi connectivity index (χ1v) is 9.02. The summed E-state index contributed by atoms with van der Waals surface area (Å²) in [5.41, 5.74) is 2.25. The van der Waals surface area contributed by atoms with Crippen molar-refractivity contribution >= 4 is 28.7 Å². The van der Waals surface area contributed by atoms with Crippen LogP contribution in [0.4, 0.5) is 0 Å². The molecule has 0 saturated carbocycles. The predicted molar refractivity (Wildman–Crippen MR) is 98.8 cm³/mol. The molecule has 2 aromatic rings. The lowest BCUT2D eigenvalue weighted by atomic mass is 9.93. The summed E-state index contributed by atoms with van der Waals surface area (Å²) in [4.78, 5) is 41.1. The third-order valence-corrected chi connectivity index (χ3v) is 5.16. The number of amides is 1. The van der Waals surface area contributed by atoms with Crippen LogP contribution in [0.25, 0.3) is 10.9 Å². The number of hydrogen-bond acceptors (Lipinski definition) is 5. The van der Waals surface area contributed by atoms with E-state index < -0.39 is 17.9 Å². The highest BCUT2D eigenvalue weighted by Crippen LogP contribution is 2.27. The van der Waals surface area contributed by atoms with E-state index in [9.17, 15) is 14.4 Å². The molecule has 0 spiro atoms. The van der Waals surface area contributed by atoms with Crippen molar-refractivity contribution in [1.82, 2.24) is 9.88 Å². The second-order valence-corrected chi connectivity index (χ2v) is 6.85. The number of methoxy groups -OCH3 is 2. The van der Waals surface area contributed by atoms with E-state index in [0.29, 0.717) is 19.5 Å². The van der Waals surface area contributed by atoms with Gasteiger partial charge in [-0.3, -0.25) is 14.4 Å². The SMILES string of the molecule is COC(=O)C(CC1CC(=O)N(CCc2c[nH]c3ccccc23)C1)C(=O)OC. The van der Waals surface area contributed by atoms with E-state index in [1.165, 1.54) is 19.8 Å². The van der Waals surface area contributed by atoms with Gasteiger partial charge < -0.3 is 19.4 Å². The Labute approximate surface area is 157 Å². The first-order chi connectivity index (χ1) is 13.0. The van der Waals surface area contributed by atoms with Crippen LogP contribution >= 0.6 is 0 Å². The van der Waals surface area contributed by atoms with Gasteiger partial charge in [0.1, 0.15) is 0 Å². The third kappa shape index (κ3) is 4.13. The molecule has 1 aliphatic rings. The maximum atomic E-state index is 12.4. The van der Waals surface area contributed by atoms with Crippen LogP contribution in [0.1, 0.15) is 18.4 Å². The molecule has 27 heavy (non-hydrogen) atoms. The van der Waals surface area contributed by atoms with Gasteiger partial charge in [0.15, 0.2) is 5.92 Å². The molecule has 1 saturated heterocycles. The maximum Gasteiger partial charge on any atom is 0.320 e. The van der Waals surface area contributed by atoms with Gasteiger partial charge in [-0.05, 0) is 30.4 Å². The highest BCUT2D eigenvalue weighted by Gasteiger charge is 2.37. The monoisotopic (exact) mass is 372 g/mol. The first kappa shape index (κ1) is 18.9. The normalized spacial score (nSPS) is 16.9. The summed E-state index contributed by atoms with van der Waals surface area (Å²) in [5, 5.41) is 1.16. The molecule has 0 bridgehead atoms. The van der Waals surface area contributed by atoms with Gasteiger partial charge in [0.25, 0.3) is 0 Å². The minimum Gasteiger partial charge on any atom is -0.468 e. The number of benzene rings is 1. The highest BCUT2D eigenvalue weighted by atomic mass is 16.5. The second kappa shape index (κ2) is 8.24. The number of aromatic nitrogens is 1. The number of hydrogen-bond donors (Lipinski definition) is 1. The molecule has 1 aromatic heterocycles. The van der Waals surface area contributed by atoms with Gasteiger partial charge in [0, 0.05) is 36.6 Å². The van der Waals surface area contributed by atoms with E-state index >= 15 is 0 Å². The first-order valence-electron chi connectivity index (χ1n) is 9.02. The number of carbonyl (C=O) groups excluding carboxylic acids is 3. The van der Waals surface area contributed by atoms with Crippen molar-refractivity contribution in [2.24, 2.45) is 11.8 Å². The molecule has 0 aliphatic carbocycles. The van der Waals surface area contributed by atoms with Crippen molar-refractivity contribution < 1.29 is 23.9 Å². The van der Waals surface area contributed by atoms with Gasteiger partial charge in [-0.1, -0.05) is 18.2 Å². The zero-order valence-corrected chi connectivity index (χ0v) is 15.6. The fraction of sp³-hybridized carbons (Fsp3) is 0.450. The minimum absolute atomic E-state index is 0.0494. The Bertz CT molecular complexity index is 828. The topological polar surface area (TPSA) is 88.7 Å². The predicted octanol–water partition coefficient (Wildman–Crippen LogP) is 1.91. The molecule has 1 amide bonds. The summed E-state index contributed by atoms with van der Waals surface area (Å²) < 4.78 is 9.39. The summed E-state index contributed by atoms with van der Waals surface area (Å²) >= 11 is 0. The van der Waals surface area contributed by atoms with Gasteiger partial charge >= 0.3 is 11.9 Å². The number of rotatable bonds is 7. The average Bonchev–Trinajstić information content (AvgIpc) is 3.26. The Morgan fingerprint density at radius 3 is 2.63 bits per heavy atom. The molecule has 7 heteroatoms. The van der Waals surface area contributed by atoms with Gasteiger partial charge in [-0.2, -0.15) is 0 Å².